The molecule has 0 amide bonds. The number of hydrogen-bond acceptors (Lipinski definition) is 7. The molecular formula is C29H29N3O7S2. The van der Waals surface area contributed by atoms with Gasteiger partial charge in [-0.1, -0.05) is 35.4 Å². The van der Waals surface area contributed by atoms with Crippen molar-refractivity contribution in [1.29, 1.82) is 0 Å². The maximum atomic E-state index is 12.9. The van der Waals surface area contributed by atoms with Crippen molar-refractivity contribution in [1.82, 2.24) is 0 Å². The van der Waals surface area contributed by atoms with E-state index in [1.165, 1.54) is 54.6 Å². The van der Waals surface area contributed by atoms with Gasteiger partial charge in [-0.15, -0.1) is 0 Å². The van der Waals surface area contributed by atoms with Crippen LogP contribution in [0.4, 0.5) is 17.1 Å². The summed E-state index contributed by atoms with van der Waals surface area (Å²) in [5.74, 6) is -0.925. The zero-order valence-corrected chi connectivity index (χ0v) is 24.1. The lowest BCUT2D eigenvalue weighted by Gasteiger charge is -2.16. The van der Waals surface area contributed by atoms with Gasteiger partial charge in [0.05, 0.1) is 32.4 Å². The average molecular weight is 596 g/mol. The smallest absolute Gasteiger partial charge is 0.337 e. The molecule has 4 aromatic rings. The van der Waals surface area contributed by atoms with Gasteiger partial charge in [0.1, 0.15) is 11.5 Å². The Morgan fingerprint density at radius 1 is 0.683 bits per heavy atom. The Balaban J connectivity index is 1.58. The molecule has 0 spiro atoms. The summed E-state index contributed by atoms with van der Waals surface area (Å²) in [5, 5.41) is 12.9. The van der Waals surface area contributed by atoms with Crippen molar-refractivity contribution >= 4 is 43.1 Å². The van der Waals surface area contributed by atoms with Crippen LogP contribution in [0.2, 0.25) is 0 Å². The Hall–Kier alpha value is -4.55. The number of hydrogen-bond donors (Lipinski definition) is 4. The SMILES string of the molecule is CCNc1cc(Oc2ccc(NS(=O)(=O)c3ccc(C)cc3)c(C(=O)O)c2)ccc1NS(=O)(=O)c1ccc(C)cc1. The number of anilines is 3. The highest BCUT2D eigenvalue weighted by atomic mass is 32.2. The minimum atomic E-state index is -4.03. The third kappa shape index (κ3) is 7.16. The Morgan fingerprint density at radius 2 is 1.15 bits per heavy atom. The molecule has 0 aliphatic heterocycles. The zero-order valence-electron chi connectivity index (χ0n) is 22.5. The van der Waals surface area contributed by atoms with Crippen molar-refractivity contribution < 1.29 is 31.5 Å². The summed E-state index contributed by atoms with van der Waals surface area (Å²) in [6.07, 6.45) is 0. The zero-order chi connectivity index (χ0) is 29.8. The van der Waals surface area contributed by atoms with Crippen LogP contribution >= 0.6 is 0 Å². The van der Waals surface area contributed by atoms with Gasteiger partial charge >= 0.3 is 5.97 Å². The number of rotatable bonds is 11. The maximum absolute atomic E-state index is 12.9. The van der Waals surface area contributed by atoms with Gasteiger partial charge < -0.3 is 15.2 Å². The molecule has 214 valence electrons. The monoisotopic (exact) mass is 595 g/mol. The van der Waals surface area contributed by atoms with Gasteiger partial charge in [0.2, 0.25) is 0 Å². The molecule has 10 nitrogen and oxygen atoms in total. The van der Waals surface area contributed by atoms with E-state index in [1.54, 1.807) is 30.3 Å². The summed E-state index contributed by atoms with van der Waals surface area (Å²) in [6, 6.07) is 21.2. The Labute approximate surface area is 239 Å². The third-order valence-corrected chi connectivity index (χ3v) is 8.73. The molecule has 4 N–H and O–H groups in total. The lowest BCUT2D eigenvalue weighted by molar-refractivity contribution is 0.0697. The highest BCUT2D eigenvalue weighted by molar-refractivity contribution is 7.93. The fourth-order valence-corrected chi connectivity index (χ4v) is 6.00. The first kappa shape index (κ1) is 29.4. The molecular weight excluding hydrogens is 566 g/mol. The number of nitrogens with one attached hydrogen (secondary N) is 3. The molecule has 4 aromatic carbocycles. The quantitative estimate of drug-likeness (QED) is 0.169. The molecule has 0 heterocycles. The van der Waals surface area contributed by atoms with Crippen LogP contribution in [0.5, 0.6) is 11.5 Å². The molecule has 0 fully saturated rings. The lowest BCUT2D eigenvalue weighted by Crippen LogP contribution is -2.15. The summed E-state index contributed by atoms with van der Waals surface area (Å²) in [4.78, 5) is 12.1. The largest absolute Gasteiger partial charge is 0.478 e. The molecule has 0 aliphatic rings. The summed E-state index contributed by atoms with van der Waals surface area (Å²) in [6.45, 7) is 6.02. The van der Waals surface area contributed by atoms with E-state index in [1.807, 2.05) is 20.8 Å². The summed E-state index contributed by atoms with van der Waals surface area (Å²) >= 11 is 0. The topological polar surface area (TPSA) is 151 Å². The van der Waals surface area contributed by atoms with Crippen molar-refractivity contribution in [2.45, 2.75) is 30.6 Å². The number of ether oxygens (including phenoxy) is 1. The highest BCUT2D eigenvalue weighted by Crippen LogP contribution is 2.33. The molecule has 0 aromatic heterocycles. The molecule has 0 unspecified atom stereocenters. The van der Waals surface area contributed by atoms with Crippen LogP contribution in [0, 0.1) is 13.8 Å². The van der Waals surface area contributed by atoms with Gasteiger partial charge in [0.25, 0.3) is 20.0 Å². The summed E-state index contributed by atoms with van der Waals surface area (Å²) in [7, 11) is -7.88. The van der Waals surface area contributed by atoms with Gasteiger partial charge in [-0.25, -0.2) is 21.6 Å². The first-order chi connectivity index (χ1) is 19.4. The standard InChI is InChI=1S/C29H29N3O7S2/c1-4-30-28-18-22(10-16-27(28)32-41(37,38)24-13-7-20(3)8-14-24)39-21-9-15-26(25(17-21)29(33)34)31-40(35,36)23-11-5-19(2)6-12-23/h5-18,30-32H,4H2,1-3H3,(H,33,34). The van der Waals surface area contributed by atoms with Crippen molar-refractivity contribution in [3.63, 3.8) is 0 Å². The highest BCUT2D eigenvalue weighted by Gasteiger charge is 2.20. The normalized spacial score (nSPS) is 11.5. The van der Waals surface area contributed by atoms with Crippen molar-refractivity contribution in [2.75, 3.05) is 21.3 Å². The predicted octanol–water partition coefficient (Wildman–Crippen LogP) is 5.83. The van der Waals surface area contributed by atoms with Gasteiger partial charge in [-0.05, 0) is 75.4 Å². The van der Waals surface area contributed by atoms with Crippen molar-refractivity contribution in [2.24, 2.45) is 0 Å². The molecule has 0 radical (unpaired) electrons. The van der Waals surface area contributed by atoms with E-state index in [0.717, 1.165) is 11.1 Å². The first-order valence-electron chi connectivity index (χ1n) is 12.5. The predicted molar refractivity (Wildman–Crippen MR) is 158 cm³/mol. The Morgan fingerprint density at radius 3 is 1.63 bits per heavy atom. The second-order valence-electron chi connectivity index (χ2n) is 9.19. The number of sulfonamides is 2. The minimum Gasteiger partial charge on any atom is -0.478 e. The summed E-state index contributed by atoms with van der Waals surface area (Å²) < 4.78 is 62.2. The Bertz CT molecular complexity index is 1790. The van der Waals surface area contributed by atoms with E-state index >= 15 is 0 Å². The van der Waals surface area contributed by atoms with Crippen LogP contribution in [0.3, 0.4) is 0 Å². The van der Waals surface area contributed by atoms with Crippen LogP contribution < -0.4 is 19.5 Å². The molecule has 0 bridgehead atoms. The maximum Gasteiger partial charge on any atom is 0.337 e. The van der Waals surface area contributed by atoms with Crippen LogP contribution in [-0.2, 0) is 20.0 Å². The number of benzene rings is 4. The summed E-state index contributed by atoms with van der Waals surface area (Å²) in [5.41, 5.74) is 2.12. The lowest BCUT2D eigenvalue weighted by atomic mass is 10.1. The number of carboxylic acid groups (broad SMARTS) is 1. The van der Waals surface area contributed by atoms with E-state index in [2.05, 4.69) is 14.8 Å². The average Bonchev–Trinajstić information content (AvgIpc) is 2.91. The molecule has 4 rings (SSSR count). The van der Waals surface area contributed by atoms with Crippen LogP contribution in [-0.4, -0.2) is 34.5 Å². The minimum absolute atomic E-state index is 0.00573. The molecule has 0 saturated carbocycles. The number of aromatic carboxylic acids is 1. The van der Waals surface area contributed by atoms with E-state index in [9.17, 15) is 26.7 Å². The van der Waals surface area contributed by atoms with E-state index in [0.29, 0.717) is 23.7 Å². The second kappa shape index (κ2) is 11.9. The van der Waals surface area contributed by atoms with Crippen LogP contribution in [0.1, 0.15) is 28.4 Å². The van der Waals surface area contributed by atoms with Crippen LogP contribution in [0.15, 0.2) is 94.7 Å². The first-order valence-corrected chi connectivity index (χ1v) is 15.5. The number of aryl methyl sites for hydroxylation is 2. The number of carboxylic acids is 1. The molecule has 0 atom stereocenters. The molecule has 41 heavy (non-hydrogen) atoms. The van der Waals surface area contributed by atoms with Gasteiger partial charge in [0.15, 0.2) is 0 Å². The van der Waals surface area contributed by atoms with Gasteiger partial charge in [0, 0.05) is 12.6 Å². The van der Waals surface area contributed by atoms with Gasteiger partial charge in [-0.2, -0.15) is 0 Å². The van der Waals surface area contributed by atoms with Crippen molar-refractivity contribution in [3.8, 4) is 11.5 Å². The van der Waals surface area contributed by atoms with E-state index < -0.39 is 26.0 Å². The van der Waals surface area contributed by atoms with Crippen LogP contribution in [0.25, 0.3) is 0 Å². The molecule has 0 saturated heterocycles. The second-order valence-corrected chi connectivity index (χ2v) is 12.6. The third-order valence-electron chi connectivity index (χ3n) is 5.97. The molecule has 0 aliphatic carbocycles. The number of carbonyl (C=O) groups is 1. The van der Waals surface area contributed by atoms with Gasteiger partial charge in [-0.3, -0.25) is 9.44 Å². The molecule has 12 heteroatoms. The van der Waals surface area contributed by atoms with E-state index in [-0.39, 0.29) is 26.8 Å². The van der Waals surface area contributed by atoms with E-state index in [4.69, 9.17) is 4.74 Å². The Kier molecular flexibility index (Phi) is 8.55. The van der Waals surface area contributed by atoms with Crippen molar-refractivity contribution in [3.05, 3.63) is 102 Å². The fraction of sp³-hybridized carbons (Fsp3) is 0.138. The fourth-order valence-electron chi connectivity index (χ4n) is 3.84.